The Morgan fingerprint density at radius 3 is 2.30 bits per heavy atom. The van der Waals surface area contributed by atoms with Crippen molar-refractivity contribution in [2.75, 3.05) is 0 Å². The highest BCUT2D eigenvalue weighted by Gasteiger charge is 2.19. The second-order valence-corrected chi connectivity index (χ2v) is 6.75. The zero-order valence-corrected chi connectivity index (χ0v) is 14.9. The molecule has 5 heteroatoms. The number of hydrogen-bond donors (Lipinski definition) is 1. The fourth-order valence-corrected chi connectivity index (χ4v) is 3.26. The van der Waals surface area contributed by atoms with Crippen molar-refractivity contribution in [1.82, 2.24) is 4.90 Å². The Bertz CT molecular complexity index is 953. The van der Waals surface area contributed by atoms with Crippen molar-refractivity contribution in [2.45, 2.75) is 32.8 Å². The maximum absolute atomic E-state index is 12.3. The van der Waals surface area contributed by atoms with E-state index >= 15 is 0 Å². The molecule has 5 nitrogen and oxygen atoms in total. The van der Waals surface area contributed by atoms with Crippen LogP contribution in [0.15, 0.2) is 70.1 Å². The summed E-state index contributed by atoms with van der Waals surface area (Å²) in [6.45, 7) is 2.60. The van der Waals surface area contributed by atoms with Gasteiger partial charge in [-0.25, -0.2) is 0 Å². The normalized spacial score (nSPS) is 13.5. The van der Waals surface area contributed by atoms with Crippen LogP contribution in [0.5, 0.6) is 5.75 Å². The standard InChI is InChI=1S/C22H21NO4/c24-13-16-5-7-17(8-6-16)14-27-22-15-26-20(9-21(22)25)12-23-10-18-3-1-2-4-19(18)11-23/h1-9,15,24H,10-14H2. The minimum atomic E-state index is -0.181. The molecule has 2 aromatic carbocycles. The summed E-state index contributed by atoms with van der Waals surface area (Å²) in [5.41, 5.74) is 4.23. The van der Waals surface area contributed by atoms with Crippen molar-refractivity contribution < 1.29 is 14.3 Å². The molecule has 3 aromatic rings. The molecule has 0 amide bonds. The Labute approximate surface area is 157 Å². The lowest BCUT2D eigenvalue weighted by molar-refractivity contribution is 0.241. The molecule has 1 aliphatic heterocycles. The summed E-state index contributed by atoms with van der Waals surface area (Å²) < 4.78 is 11.2. The van der Waals surface area contributed by atoms with Crippen molar-refractivity contribution in [3.8, 4) is 5.75 Å². The van der Waals surface area contributed by atoms with Crippen LogP contribution < -0.4 is 10.2 Å². The topological polar surface area (TPSA) is 62.9 Å². The van der Waals surface area contributed by atoms with Gasteiger partial charge in [-0.1, -0.05) is 48.5 Å². The van der Waals surface area contributed by atoms with Gasteiger partial charge in [0.15, 0.2) is 0 Å². The smallest absolute Gasteiger partial charge is 0.227 e. The first-order valence-corrected chi connectivity index (χ1v) is 8.93. The Morgan fingerprint density at radius 1 is 1.00 bits per heavy atom. The van der Waals surface area contributed by atoms with Gasteiger partial charge in [-0.05, 0) is 22.3 Å². The Morgan fingerprint density at radius 2 is 1.67 bits per heavy atom. The van der Waals surface area contributed by atoms with Gasteiger partial charge in [0.05, 0.1) is 13.2 Å². The van der Waals surface area contributed by atoms with Gasteiger partial charge in [0.1, 0.15) is 18.6 Å². The molecule has 0 spiro atoms. The fraction of sp³-hybridized carbons (Fsp3) is 0.227. The first-order chi connectivity index (χ1) is 13.2. The maximum Gasteiger partial charge on any atom is 0.227 e. The van der Waals surface area contributed by atoms with Crippen LogP contribution in [-0.4, -0.2) is 10.0 Å². The van der Waals surface area contributed by atoms with Crippen LogP contribution in [0.25, 0.3) is 0 Å². The highest BCUT2D eigenvalue weighted by molar-refractivity contribution is 5.30. The molecule has 2 heterocycles. The molecule has 1 aliphatic rings. The molecule has 0 radical (unpaired) electrons. The first kappa shape index (κ1) is 17.5. The lowest BCUT2D eigenvalue weighted by atomic mass is 10.1. The van der Waals surface area contributed by atoms with Crippen LogP contribution in [-0.2, 0) is 32.8 Å². The van der Waals surface area contributed by atoms with E-state index in [1.54, 1.807) is 0 Å². The highest BCUT2D eigenvalue weighted by atomic mass is 16.5. The van der Waals surface area contributed by atoms with Crippen LogP contribution in [0.4, 0.5) is 0 Å². The average Bonchev–Trinajstić information content (AvgIpc) is 3.10. The van der Waals surface area contributed by atoms with E-state index in [2.05, 4.69) is 17.0 Å². The minimum Gasteiger partial charge on any atom is -0.482 e. The Hall–Kier alpha value is -2.89. The number of aliphatic hydroxyl groups excluding tert-OH is 1. The number of hydrogen-bond acceptors (Lipinski definition) is 5. The van der Waals surface area contributed by atoms with E-state index in [-0.39, 0.29) is 24.4 Å². The van der Waals surface area contributed by atoms with E-state index in [0.717, 1.165) is 24.2 Å². The number of nitrogens with zero attached hydrogens (tertiary/aromatic N) is 1. The summed E-state index contributed by atoms with van der Waals surface area (Å²) >= 11 is 0. The summed E-state index contributed by atoms with van der Waals surface area (Å²) in [5.74, 6) is 0.835. The first-order valence-electron chi connectivity index (χ1n) is 8.93. The van der Waals surface area contributed by atoms with Crippen LogP contribution in [0.1, 0.15) is 28.0 Å². The molecular weight excluding hydrogens is 342 g/mol. The minimum absolute atomic E-state index is 0.00822. The van der Waals surface area contributed by atoms with Gasteiger partial charge in [0, 0.05) is 19.2 Å². The van der Waals surface area contributed by atoms with Crippen LogP contribution in [0.3, 0.4) is 0 Å². The predicted octanol–water partition coefficient (Wildman–Crippen LogP) is 3.23. The van der Waals surface area contributed by atoms with Crippen molar-refractivity contribution in [3.05, 3.63) is 99.1 Å². The largest absolute Gasteiger partial charge is 0.482 e. The predicted molar refractivity (Wildman–Crippen MR) is 101 cm³/mol. The van der Waals surface area contributed by atoms with E-state index in [1.807, 2.05) is 36.4 Å². The molecular formula is C22H21NO4. The molecule has 0 bridgehead atoms. The van der Waals surface area contributed by atoms with Crippen molar-refractivity contribution in [2.24, 2.45) is 0 Å². The molecule has 138 valence electrons. The van der Waals surface area contributed by atoms with Crippen LogP contribution >= 0.6 is 0 Å². The number of aliphatic hydroxyl groups is 1. The van der Waals surface area contributed by atoms with E-state index in [0.29, 0.717) is 12.3 Å². The van der Waals surface area contributed by atoms with Gasteiger partial charge >= 0.3 is 0 Å². The summed E-state index contributed by atoms with van der Waals surface area (Å²) in [7, 11) is 0. The van der Waals surface area contributed by atoms with Crippen LogP contribution in [0.2, 0.25) is 0 Å². The Kier molecular flexibility index (Phi) is 5.05. The monoisotopic (exact) mass is 363 g/mol. The van der Waals surface area contributed by atoms with Gasteiger partial charge in [0.2, 0.25) is 11.2 Å². The molecule has 27 heavy (non-hydrogen) atoms. The molecule has 0 aliphatic carbocycles. The lowest BCUT2D eigenvalue weighted by Gasteiger charge is -2.14. The molecule has 0 atom stereocenters. The molecule has 0 fully saturated rings. The summed E-state index contributed by atoms with van der Waals surface area (Å²) in [6, 6.07) is 17.3. The third kappa shape index (κ3) is 4.10. The van der Waals surface area contributed by atoms with Crippen molar-refractivity contribution in [1.29, 1.82) is 0 Å². The summed E-state index contributed by atoms with van der Waals surface area (Å²) in [4.78, 5) is 14.6. The second-order valence-electron chi connectivity index (χ2n) is 6.75. The molecule has 1 N–H and O–H groups in total. The van der Waals surface area contributed by atoms with E-state index in [4.69, 9.17) is 14.3 Å². The quantitative estimate of drug-likeness (QED) is 0.729. The third-order valence-electron chi connectivity index (χ3n) is 4.74. The lowest BCUT2D eigenvalue weighted by Crippen LogP contribution is -2.17. The number of rotatable bonds is 6. The molecule has 4 rings (SSSR count). The zero-order chi connectivity index (χ0) is 18.6. The average molecular weight is 363 g/mol. The molecule has 0 saturated heterocycles. The van der Waals surface area contributed by atoms with Gasteiger partial charge in [-0.2, -0.15) is 0 Å². The maximum atomic E-state index is 12.3. The number of benzene rings is 2. The number of fused-ring (bicyclic) bond motifs is 1. The van der Waals surface area contributed by atoms with E-state index in [1.165, 1.54) is 23.5 Å². The second kappa shape index (κ2) is 7.78. The fourth-order valence-electron chi connectivity index (χ4n) is 3.26. The molecule has 0 unspecified atom stereocenters. The third-order valence-corrected chi connectivity index (χ3v) is 4.74. The van der Waals surface area contributed by atoms with Gasteiger partial charge in [0.25, 0.3) is 0 Å². The van der Waals surface area contributed by atoms with Crippen molar-refractivity contribution >= 4 is 0 Å². The van der Waals surface area contributed by atoms with E-state index < -0.39 is 0 Å². The SMILES string of the molecule is O=c1cc(CN2Cc3ccccc3C2)occ1OCc1ccc(CO)cc1. The summed E-state index contributed by atoms with van der Waals surface area (Å²) in [5, 5.41) is 9.06. The van der Waals surface area contributed by atoms with Gasteiger partial charge < -0.3 is 14.3 Å². The van der Waals surface area contributed by atoms with Gasteiger partial charge in [-0.15, -0.1) is 0 Å². The molecule has 0 saturated carbocycles. The summed E-state index contributed by atoms with van der Waals surface area (Å²) in [6.07, 6.45) is 1.39. The van der Waals surface area contributed by atoms with Gasteiger partial charge in [-0.3, -0.25) is 9.69 Å². The Balaban J connectivity index is 1.37. The zero-order valence-electron chi connectivity index (χ0n) is 14.9. The highest BCUT2D eigenvalue weighted by Crippen LogP contribution is 2.24. The molecule has 1 aromatic heterocycles. The number of ether oxygens (including phenoxy) is 1. The van der Waals surface area contributed by atoms with Crippen molar-refractivity contribution in [3.63, 3.8) is 0 Å². The van der Waals surface area contributed by atoms with Crippen LogP contribution in [0, 0.1) is 0 Å². The van der Waals surface area contributed by atoms with E-state index in [9.17, 15) is 4.79 Å².